The van der Waals surface area contributed by atoms with Crippen LogP contribution in [0.3, 0.4) is 0 Å². The molecule has 0 spiro atoms. The van der Waals surface area contributed by atoms with E-state index < -0.39 is 5.97 Å². The highest BCUT2D eigenvalue weighted by atomic mass is 127. The van der Waals surface area contributed by atoms with Crippen molar-refractivity contribution in [1.29, 1.82) is 0 Å². The summed E-state index contributed by atoms with van der Waals surface area (Å²) in [6.45, 7) is 2.16. The first kappa shape index (κ1) is 14.4. The maximum Gasteiger partial charge on any atom is 0.303 e. The van der Waals surface area contributed by atoms with Gasteiger partial charge >= 0.3 is 5.97 Å². The Morgan fingerprint density at radius 1 is 1.69 bits per heavy atom. The van der Waals surface area contributed by atoms with Crippen LogP contribution in [0.4, 0.5) is 0 Å². The highest BCUT2D eigenvalue weighted by Crippen LogP contribution is 2.36. The molecule has 0 aliphatic heterocycles. The minimum atomic E-state index is -0.698. The molecule has 0 aliphatic carbocycles. The van der Waals surface area contributed by atoms with Crippen LogP contribution in [0.25, 0.3) is 0 Å². The number of carbonyl (C=O) groups is 1. The van der Waals surface area contributed by atoms with E-state index in [-0.39, 0.29) is 6.42 Å². The summed E-state index contributed by atoms with van der Waals surface area (Å²) < 4.78 is 2.47. The molecule has 1 aromatic heterocycles. The van der Waals surface area contributed by atoms with E-state index in [0.717, 1.165) is 23.0 Å². The largest absolute Gasteiger partial charge is 0.481 e. The summed E-state index contributed by atoms with van der Waals surface area (Å²) >= 11 is 7.59. The van der Waals surface area contributed by atoms with Crippen molar-refractivity contribution in [3.05, 3.63) is 18.3 Å². The number of halogens is 2. The quantitative estimate of drug-likeness (QED) is 0.672. The summed E-state index contributed by atoms with van der Waals surface area (Å²) in [6.07, 6.45) is 3.07. The maximum atomic E-state index is 10.5. The molecule has 0 saturated heterocycles. The summed E-state index contributed by atoms with van der Waals surface area (Å²) in [7, 11) is 0. The first-order chi connectivity index (χ1) is 7.54. The molecule has 0 aromatic carbocycles. The lowest BCUT2D eigenvalue weighted by atomic mass is 9.93. The van der Waals surface area contributed by atoms with Crippen LogP contribution in [0.2, 0.25) is 0 Å². The number of carboxylic acid groups (broad SMARTS) is 1. The van der Waals surface area contributed by atoms with Gasteiger partial charge < -0.3 is 5.11 Å². The van der Waals surface area contributed by atoms with E-state index in [0.29, 0.717) is 5.92 Å². The molecule has 0 saturated carbocycles. The number of hydrogen-bond acceptors (Lipinski definition) is 2. The Kier molecular flexibility index (Phi) is 6.28. The van der Waals surface area contributed by atoms with Crippen molar-refractivity contribution in [3.8, 4) is 0 Å². The molecule has 90 valence electrons. The topological polar surface area (TPSA) is 37.3 Å². The molecule has 16 heavy (non-hydrogen) atoms. The smallest absolute Gasteiger partial charge is 0.303 e. The second-order valence-corrected chi connectivity index (χ2v) is 7.91. The van der Waals surface area contributed by atoms with Crippen molar-refractivity contribution in [2.75, 3.05) is 0 Å². The molecule has 5 heteroatoms. The fourth-order valence-electron chi connectivity index (χ4n) is 1.71. The number of hydrogen-bond donors (Lipinski definition) is 1. The van der Waals surface area contributed by atoms with Gasteiger partial charge in [0.25, 0.3) is 0 Å². The van der Waals surface area contributed by atoms with Gasteiger partial charge in [0, 0.05) is 6.42 Å². The van der Waals surface area contributed by atoms with Gasteiger partial charge in [-0.05, 0) is 75.3 Å². The Bertz CT molecular complexity index is 365. The Morgan fingerprint density at radius 3 is 2.81 bits per heavy atom. The van der Waals surface area contributed by atoms with Crippen LogP contribution < -0.4 is 0 Å². The van der Waals surface area contributed by atoms with Gasteiger partial charge in [-0.15, -0.1) is 11.3 Å². The van der Waals surface area contributed by atoms with Gasteiger partial charge in [0.1, 0.15) is 0 Å². The second-order valence-electron chi connectivity index (χ2n) is 3.67. The van der Waals surface area contributed by atoms with Gasteiger partial charge in [0.2, 0.25) is 0 Å². The van der Waals surface area contributed by atoms with E-state index in [9.17, 15) is 4.79 Å². The number of thiophene rings is 1. The third kappa shape index (κ3) is 4.33. The molecule has 0 amide bonds. The number of aliphatic carboxylic acids is 1. The van der Waals surface area contributed by atoms with Gasteiger partial charge in [-0.2, -0.15) is 0 Å². The van der Waals surface area contributed by atoms with Crippen LogP contribution >= 0.6 is 49.9 Å². The van der Waals surface area contributed by atoms with Crippen LogP contribution in [0, 0.1) is 2.88 Å². The molecule has 1 rings (SSSR count). The fourth-order valence-corrected chi connectivity index (χ4v) is 5.36. The molecule has 0 fully saturated rings. The van der Waals surface area contributed by atoms with Crippen LogP contribution in [0.5, 0.6) is 0 Å². The zero-order valence-corrected chi connectivity index (χ0v) is 13.6. The Morgan fingerprint density at radius 2 is 2.38 bits per heavy atom. The third-order valence-electron chi connectivity index (χ3n) is 2.56. The SMILES string of the molecule is CCC(CCCC(=O)O)c1cc(Br)sc1I. The average Bonchev–Trinajstić information content (AvgIpc) is 2.52. The van der Waals surface area contributed by atoms with Gasteiger partial charge in [-0.1, -0.05) is 6.92 Å². The lowest BCUT2D eigenvalue weighted by Crippen LogP contribution is -2.00. The Labute approximate surface area is 122 Å². The van der Waals surface area contributed by atoms with Gasteiger partial charge in [-0.25, -0.2) is 0 Å². The summed E-state index contributed by atoms with van der Waals surface area (Å²) in [5, 5.41) is 8.62. The molecular formula is C11H14BrIO2S. The molecular weight excluding hydrogens is 403 g/mol. The van der Waals surface area contributed by atoms with Crippen LogP contribution in [0.1, 0.15) is 44.1 Å². The zero-order chi connectivity index (χ0) is 12.1. The van der Waals surface area contributed by atoms with Crippen LogP contribution in [-0.4, -0.2) is 11.1 Å². The Balaban J connectivity index is 2.60. The highest BCUT2D eigenvalue weighted by molar-refractivity contribution is 14.1. The Hall–Kier alpha value is 0.380. The monoisotopic (exact) mass is 416 g/mol. The molecule has 1 unspecified atom stereocenters. The summed E-state index contributed by atoms with van der Waals surface area (Å²) in [6, 6.07) is 2.17. The predicted octanol–water partition coefficient (Wildman–Crippen LogP) is 4.86. The first-order valence-electron chi connectivity index (χ1n) is 5.21. The normalized spacial score (nSPS) is 12.7. The molecule has 1 heterocycles. The molecule has 0 radical (unpaired) electrons. The van der Waals surface area contributed by atoms with Crippen molar-refractivity contribution in [2.24, 2.45) is 0 Å². The number of carboxylic acids is 1. The lowest BCUT2D eigenvalue weighted by Gasteiger charge is -2.13. The third-order valence-corrected chi connectivity index (χ3v) is 5.28. The molecule has 0 bridgehead atoms. The van der Waals surface area contributed by atoms with Gasteiger partial charge in [0.15, 0.2) is 0 Å². The number of rotatable bonds is 6. The maximum absolute atomic E-state index is 10.5. The second kappa shape index (κ2) is 6.96. The van der Waals surface area contributed by atoms with Crippen molar-refractivity contribution in [2.45, 2.75) is 38.5 Å². The van der Waals surface area contributed by atoms with E-state index >= 15 is 0 Å². The van der Waals surface area contributed by atoms with Gasteiger partial charge in [-0.3, -0.25) is 4.79 Å². The zero-order valence-electron chi connectivity index (χ0n) is 9.00. The van der Waals surface area contributed by atoms with Crippen LogP contribution in [-0.2, 0) is 4.79 Å². The van der Waals surface area contributed by atoms with Gasteiger partial charge in [0.05, 0.1) is 6.67 Å². The first-order valence-corrected chi connectivity index (χ1v) is 7.90. The molecule has 0 aliphatic rings. The van der Waals surface area contributed by atoms with Crippen molar-refractivity contribution >= 4 is 55.8 Å². The van der Waals surface area contributed by atoms with Crippen molar-refractivity contribution in [1.82, 2.24) is 0 Å². The summed E-state index contributed by atoms with van der Waals surface area (Å²) in [4.78, 5) is 10.5. The van der Waals surface area contributed by atoms with Crippen molar-refractivity contribution in [3.63, 3.8) is 0 Å². The molecule has 2 nitrogen and oxygen atoms in total. The molecule has 1 N–H and O–H groups in total. The fraction of sp³-hybridized carbons (Fsp3) is 0.545. The van der Waals surface area contributed by atoms with E-state index in [2.05, 4.69) is 51.5 Å². The standard InChI is InChI=1S/C11H14BrIO2S/c1-2-7(4-3-5-10(14)15)8-6-9(12)16-11(8)13/h6-7H,2-5H2,1H3,(H,14,15). The summed E-state index contributed by atoms with van der Waals surface area (Å²) in [5.74, 6) is -0.204. The predicted molar refractivity (Wildman–Crippen MR) is 79.3 cm³/mol. The van der Waals surface area contributed by atoms with Crippen molar-refractivity contribution < 1.29 is 9.90 Å². The van der Waals surface area contributed by atoms with E-state index in [1.807, 2.05) is 0 Å². The van der Waals surface area contributed by atoms with E-state index in [4.69, 9.17) is 5.11 Å². The minimum Gasteiger partial charge on any atom is -0.481 e. The lowest BCUT2D eigenvalue weighted by molar-refractivity contribution is -0.137. The van der Waals surface area contributed by atoms with E-state index in [1.54, 1.807) is 11.3 Å². The average molecular weight is 417 g/mol. The van der Waals surface area contributed by atoms with Crippen LogP contribution in [0.15, 0.2) is 9.85 Å². The molecule has 1 atom stereocenters. The van der Waals surface area contributed by atoms with E-state index in [1.165, 1.54) is 8.45 Å². The highest BCUT2D eigenvalue weighted by Gasteiger charge is 2.15. The molecule has 1 aromatic rings. The summed E-state index contributed by atoms with van der Waals surface area (Å²) in [5.41, 5.74) is 1.37. The minimum absolute atomic E-state index is 0.276.